The van der Waals surface area contributed by atoms with Crippen LogP contribution in [0.25, 0.3) is 22.2 Å². The molecule has 7 nitrogen and oxygen atoms in total. The van der Waals surface area contributed by atoms with Crippen LogP contribution >= 0.6 is 0 Å². The number of likely N-dealkylation sites (tertiary alicyclic amines) is 2. The second-order valence-electron chi connectivity index (χ2n) is 12.8. The molecule has 3 aromatic carbocycles. The van der Waals surface area contributed by atoms with Gasteiger partial charge < -0.3 is 5.32 Å². The molecule has 12 heteroatoms. The third kappa shape index (κ3) is 7.40. The van der Waals surface area contributed by atoms with E-state index in [-0.39, 0.29) is 39.8 Å². The number of halogens is 4. The van der Waals surface area contributed by atoms with E-state index >= 15 is 0 Å². The molecule has 0 saturated carbocycles. The fraction of sp³-hybridized carbons (Fsp3) is 0.389. The van der Waals surface area contributed by atoms with Crippen LogP contribution in [0.3, 0.4) is 0 Å². The molecule has 2 fully saturated rings. The molecule has 0 unspecified atom stereocenters. The van der Waals surface area contributed by atoms with Gasteiger partial charge in [-0.1, -0.05) is 42.5 Å². The van der Waals surface area contributed by atoms with Crippen molar-refractivity contribution in [3.05, 3.63) is 95.1 Å². The van der Waals surface area contributed by atoms with Gasteiger partial charge in [-0.15, -0.1) is 0 Å². The van der Waals surface area contributed by atoms with Crippen molar-refractivity contribution >= 4 is 26.6 Å². The highest BCUT2D eigenvalue weighted by atomic mass is 32.2. The van der Waals surface area contributed by atoms with Crippen molar-refractivity contribution in [2.45, 2.75) is 62.1 Å². The first-order valence-corrected chi connectivity index (χ1v) is 18.0. The number of nitrogens with zero attached hydrogens (tertiary/aromatic N) is 3. The molecule has 3 heterocycles. The number of sulfone groups is 1. The predicted molar refractivity (Wildman–Crippen MR) is 177 cm³/mol. The molecule has 6 rings (SSSR count). The lowest BCUT2D eigenvalue weighted by Crippen LogP contribution is -2.44. The number of pyridine rings is 1. The van der Waals surface area contributed by atoms with E-state index in [0.717, 1.165) is 36.8 Å². The van der Waals surface area contributed by atoms with E-state index in [1.165, 1.54) is 24.3 Å². The van der Waals surface area contributed by atoms with E-state index in [9.17, 15) is 30.8 Å². The molecule has 0 bridgehead atoms. The molecular formula is C36H38F4N4O3S. The zero-order valence-corrected chi connectivity index (χ0v) is 27.6. The second kappa shape index (κ2) is 13.6. The summed E-state index contributed by atoms with van der Waals surface area (Å²) in [5, 5.41) is 3.34. The molecule has 1 N–H and O–H groups in total. The van der Waals surface area contributed by atoms with E-state index in [2.05, 4.69) is 15.1 Å². The maximum atomic E-state index is 14.4. The van der Waals surface area contributed by atoms with Crippen molar-refractivity contribution in [3.63, 3.8) is 0 Å². The number of carbonyl (C=O) groups excluding carboxylic acids is 1. The Bertz CT molecular complexity index is 1910. The minimum absolute atomic E-state index is 0.00248. The van der Waals surface area contributed by atoms with Gasteiger partial charge in [0.05, 0.1) is 33.3 Å². The van der Waals surface area contributed by atoms with E-state index in [1.807, 2.05) is 37.3 Å². The van der Waals surface area contributed by atoms with E-state index in [4.69, 9.17) is 4.98 Å². The maximum Gasteiger partial charge on any atom is 0.416 e. The Kier molecular flexibility index (Phi) is 9.61. The largest absolute Gasteiger partial charge is 0.416 e. The highest BCUT2D eigenvalue weighted by Gasteiger charge is 2.34. The van der Waals surface area contributed by atoms with Gasteiger partial charge in [0.15, 0.2) is 9.84 Å². The molecule has 2 saturated heterocycles. The van der Waals surface area contributed by atoms with Gasteiger partial charge >= 0.3 is 6.18 Å². The van der Waals surface area contributed by atoms with Gasteiger partial charge in [-0.3, -0.25) is 14.6 Å². The van der Waals surface area contributed by atoms with Crippen LogP contribution in [0.2, 0.25) is 0 Å². The quantitative estimate of drug-likeness (QED) is 0.206. The number of alkyl halides is 4. The molecule has 1 amide bonds. The topological polar surface area (TPSA) is 82.6 Å². The van der Waals surface area contributed by atoms with E-state index < -0.39 is 39.7 Å². The normalized spacial score (nSPS) is 19.1. The van der Waals surface area contributed by atoms with Crippen LogP contribution in [-0.2, 0) is 22.6 Å². The monoisotopic (exact) mass is 682 g/mol. The smallest absolute Gasteiger partial charge is 0.345 e. The third-order valence-electron chi connectivity index (χ3n) is 9.44. The Morgan fingerprint density at radius 1 is 0.979 bits per heavy atom. The van der Waals surface area contributed by atoms with Crippen molar-refractivity contribution in [2.75, 3.05) is 32.4 Å². The summed E-state index contributed by atoms with van der Waals surface area (Å²) < 4.78 is 80.9. The van der Waals surface area contributed by atoms with Crippen LogP contribution in [0.15, 0.2) is 77.7 Å². The van der Waals surface area contributed by atoms with Gasteiger partial charge in [0.2, 0.25) is 0 Å². The van der Waals surface area contributed by atoms with Gasteiger partial charge in [-0.2, -0.15) is 13.2 Å². The summed E-state index contributed by atoms with van der Waals surface area (Å²) in [6.45, 7) is 4.42. The standard InChI is InChI=1S/C36H38F4N4O3S/c1-23(24-7-4-3-5-8-24)41-35(45)33-30-20-29(48(2,46)47)11-12-32(30)42-34(25-9-6-10-26(19-25)36(38,39)40)31(33)22-43-16-14-28(15-17-43)44-18-13-27(37)21-44/h3-12,19-20,23,27-28H,13-18,21-22H2,1-2H3,(H,41,45)/t23-,27-/m0/s1. The van der Waals surface area contributed by atoms with Crippen molar-refractivity contribution < 1.29 is 30.8 Å². The van der Waals surface area contributed by atoms with Gasteiger partial charge in [-0.25, -0.2) is 17.8 Å². The van der Waals surface area contributed by atoms with Gasteiger partial charge in [0.25, 0.3) is 5.91 Å². The first-order valence-electron chi connectivity index (χ1n) is 16.1. The first kappa shape index (κ1) is 34.0. The summed E-state index contributed by atoms with van der Waals surface area (Å²) >= 11 is 0. The number of nitrogens with one attached hydrogen (secondary N) is 1. The van der Waals surface area contributed by atoms with Crippen LogP contribution in [0.4, 0.5) is 17.6 Å². The Labute approximate surface area is 277 Å². The Morgan fingerprint density at radius 2 is 1.71 bits per heavy atom. The van der Waals surface area contributed by atoms with Crippen LogP contribution < -0.4 is 5.32 Å². The number of fused-ring (bicyclic) bond motifs is 1. The van der Waals surface area contributed by atoms with Crippen molar-refractivity contribution in [3.8, 4) is 11.3 Å². The molecule has 2 atom stereocenters. The Balaban J connectivity index is 1.49. The predicted octanol–water partition coefficient (Wildman–Crippen LogP) is 6.82. The average molecular weight is 683 g/mol. The van der Waals surface area contributed by atoms with E-state index in [0.29, 0.717) is 43.5 Å². The molecule has 48 heavy (non-hydrogen) atoms. The number of carbonyl (C=O) groups is 1. The van der Waals surface area contributed by atoms with Crippen LogP contribution in [0.5, 0.6) is 0 Å². The molecule has 4 aromatic rings. The molecular weight excluding hydrogens is 644 g/mol. The lowest BCUT2D eigenvalue weighted by Gasteiger charge is -2.37. The maximum absolute atomic E-state index is 14.4. The number of benzene rings is 3. The summed E-state index contributed by atoms with van der Waals surface area (Å²) in [6, 6.07) is 18.3. The number of hydrogen-bond donors (Lipinski definition) is 1. The van der Waals surface area contributed by atoms with Crippen molar-refractivity contribution in [1.82, 2.24) is 20.1 Å². The molecule has 1 aromatic heterocycles. The van der Waals surface area contributed by atoms with Crippen LogP contribution in [-0.4, -0.2) is 73.8 Å². The number of rotatable bonds is 8. The number of piperidine rings is 1. The highest BCUT2D eigenvalue weighted by Crippen LogP contribution is 2.37. The van der Waals surface area contributed by atoms with Crippen LogP contribution in [0.1, 0.15) is 59.3 Å². The molecule has 2 aliphatic rings. The first-order chi connectivity index (χ1) is 22.8. The fourth-order valence-electron chi connectivity index (χ4n) is 6.84. The number of aromatic nitrogens is 1. The molecule has 254 valence electrons. The average Bonchev–Trinajstić information content (AvgIpc) is 3.50. The minimum Gasteiger partial charge on any atom is -0.345 e. The lowest BCUT2D eigenvalue weighted by molar-refractivity contribution is -0.137. The third-order valence-corrected chi connectivity index (χ3v) is 10.6. The van der Waals surface area contributed by atoms with Crippen molar-refractivity contribution in [1.29, 1.82) is 0 Å². The molecule has 0 radical (unpaired) electrons. The van der Waals surface area contributed by atoms with Gasteiger partial charge in [0, 0.05) is 48.4 Å². The second-order valence-corrected chi connectivity index (χ2v) is 14.9. The summed E-state index contributed by atoms with van der Waals surface area (Å²) in [6.07, 6.45) is -2.27. The lowest BCUT2D eigenvalue weighted by atomic mass is 9.93. The fourth-order valence-corrected chi connectivity index (χ4v) is 7.49. The number of hydrogen-bond acceptors (Lipinski definition) is 6. The molecule has 0 aliphatic carbocycles. The summed E-state index contributed by atoms with van der Waals surface area (Å²) in [7, 11) is -3.67. The minimum atomic E-state index is -4.60. The zero-order valence-electron chi connectivity index (χ0n) is 26.8. The summed E-state index contributed by atoms with van der Waals surface area (Å²) in [5.74, 6) is -0.492. The number of amides is 1. The highest BCUT2D eigenvalue weighted by molar-refractivity contribution is 7.90. The molecule has 0 spiro atoms. The van der Waals surface area contributed by atoms with Gasteiger partial charge in [0.1, 0.15) is 6.17 Å². The molecule has 2 aliphatic heterocycles. The summed E-state index contributed by atoms with van der Waals surface area (Å²) in [4.78, 5) is 23.5. The SMILES string of the molecule is C[C@H](NC(=O)c1c(CN2CCC(N3CC[C@H](F)C3)CC2)c(-c2cccc(C(F)(F)F)c2)nc2ccc(S(C)(=O)=O)cc12)c1ccccc1. The van der Waals surface area contributed by atoms with Gasteiger partial charge in [-0.05, 0) is 75.2 Å². The Hall–Kier alpha value is -3.87. The zero-order chi connectivity index (χ0) is 34.2. The summed E-state index contributed by atoms with van der Waals surface area (Å²) in [5.41, 5.74) is 1.28. The Morgan fingerprint density at radius 3 is 2.35 bits per heavy atom. The van der Waals surface area contributed by atoms with E-state index in [1.54, 1.807) is 6.07 Å². The van der Waals surface area contributed by atoms with Crippen LogP contribution in [0, 0.1) is 0 Å². The van der Waals surface area contributed by atoms with Crippen molar-refractivity contribution in [2.24, 2.45) is 0 Å².